The molecule has 1 N–H and O–H groups in total. The molecule has 6 nitrogen and oxygen atoms in total. The second-order valence-electron chi connectivity index (χ2n) is 6.78. The second kappa shape index (κ2) is 6.66. The maximum absolute atomic E-state index is 13.6. The first kappa shape index (κ1) is 17.5. The molecule has 7 heteroatoms. The molecular weight excluding hydrogens is 351 g/mol. The molecule has 2 aliphatic heterocycles. The van der Waals surface area contributed by atoms with E-state index in [9.17, 15) is 14.0 Å². The Labute approximate surface area is 156 Å². The van der Waals surface area contributed by atoms with Crippen molar-refractivity contribution in [3.8, 4) is 11.5 Å². The number of hydrogen-bond acceptors (Lipinski definition) is 4. The quantitative estimate of drug-likeness (QED) is 0.814. The van der Waals surface area contributed by atoms with E-state index in [1.54, 1.807) is 14.2 Å². The molecular formula is C20H20FN2O4+. The minimum Gasteiger partial charge on any atom is -0.493 e. The predicted octanol–water partition coefficient (Wildman–Crippen LogP) is 0.971. The van der Waals surface area contributed by atoms with Crippen molar-refractivity contribution >= 4 is 17.4 Å². The highest BCUT2D eigenvalue weighted by molar-refractivity contribution is 6.52. The highest BCUT2D eigenvalue weighted by Gasteiger charge is 2.38. The predicted molar refractivity (Wildman–Crippen MR) is 95.9 cm³/mol. The highest BCUT2D eigenvalue weighted by atomic mass is 19.1. The van der Waals surface area contributed by atoms with Gasteiger partial charge in [0.25, 0.3) is 5.78 Å². The van der Waals surface area contributed by atoms with Gasteiger partial charge in [0, 0.05) is 12.0 Å². The summed E-state index contributed by atoms with van der Waals surface area (Å²) in [7, 11) is 3.20. The van der Waals surface area contributed by atoms with Crippen LogP contribution in [0.3, 0.4) is 0 Å². The largest absolute Gasteiger partial charge is 0.493 e. The fraction of sp³-hybridized carbons (Fsp3) is 0.300. The standard InChI is InChI=1S/C20H19FN2O4/c1-26-17-7-12-5-6-22(10-13(12)8-18(17)27-2)11-23-16-9-14(21)3-4-15(16)19(24)20(23)25/h3-4,7-9H,5-6,10-11H2,1-2H3/p+1. The minimum atomic E-state index is -0.596. The molecule has 2 aromatic rings. The Morgan fingerprint density at radius 2 is 1.78 bits per heavy atom. The number of ether oxygens (including phenoxy) is 2. The molecule has 1 amide bonds. The molecule has 2 heterocycles. The van der Waals surface area contributed by atoms with Crippen molar-refractivity contribution in [1.29, 1.82) is 0 Å². The van der Waals surface area contributed by atoms with Crippen molar-refractivity contribution in [3.63, 3.8) is 0 Å². The third-order valence-electron chi connectivity index (χ3n) is 5.21. The normalized spacial score (nSPS) is 18.3. The number of benzene rings is 2. The Balaban J connectivity index is 1.58. The number of fused-ring (bicyclic) bond motifs is 2. The van der Waals surface area contributed by atoms with Crippen molar-refractivity contribution in [2.75, 3.05) is 32.3 Å². The van der Waals surface area contributed by atoms with E-state index in [1.807, 2.05) is 12.1 Å². The van der Waals surface area contributed by atoms with Crippen molar-refractivity contribution in [1.82, 2.24) is 0 Å². The zero-order valence-corrected chi connectivity index (χ0v) is 15.2. The van der Waals surface area contributed by atoms with Crippen LogP contribution in [0.25, 0.3) is 0 Å². The Bertz CT molecular complexity index is 944. The molecule has 4 rings (SSSR count). The van der Waals surface area contributed by atoms with Crippen LogP contribution < -0.4 is 19.3 Å². The van der Waals surface area contributed by atoms with Crippen LogP contribution >= 0.6 is 0 Å². The Kier molecular flexibility index (Phi) is 4.31. The van der Waals surface area contributed by atoms with E-state index in [1.165, 1.54) is 28.7 Å². The number of ketones is 1. The third-order valence-corrected chi connectivity index (χ3v) is 5.21. The molecule has 0 saturated carbocycles. The van der Waals surface area contributed by atoms with E-state index in [4.69, 9.17) is 9.47 Å². The number of nitrogens with zero attached hydrogens (tertiary/aromatic N) is 1. The maximum atomic E-state index is 13.6. The average Bonchev–Trinajstić information content (AvgIpc) is 2.91. The average molecular weight is 371 g/mol. The number of carbonyl (C=O) groups excluding carboxylic acids is 2. The van der Waals surface area contributed by atoms with Gasteiger partial charge >= 0.3 is 5.91 Å². The lowest BCUT2D eigenvalue weighted by Crippen LogP contribution is -3.13. The van der Waals surface area contributed by atoms with Crippen molar-refractivity contribution in [3.05, 3.63) is 52.8 Å². The number of nitrogens with one attached hydrogen (secondary N) is 1. The summed E-state index contributed by atoms with van der Waals surface area (Å²) in [5.74, 6) is -0.270. The van der Waals surface area contributed by atoms with E-state index in [-0.39, 0.29) is 5.56 Å². The van der Waals surface area contributed by atoms with Gasteiger partial charge < -0.3 is 14.4 Å². The molecule has 1 atom stereocenters. The zero-order valence-electron chi connectivity index (χ0n) is 15.2. The topological polar surface area (TPSA) is 60.3 Å². The van der Waals surface area contributed by atoms with Crippen LogP contribution in [0.1, 0.15) is 21.5 Å². The van der Waals surface area contributed by atoms with Crippen LogP contribution in [0.4, 0.5) is 10.1 Å². The summed E-state index contributed by atoms with van der Waals surface area (Å²) < 4.78 is 24.4. The third kappa shape index (κ3) is 2.94. The summed E-state index contributed by atoms with van der Waals surface area (Å²) in [5, 5.41) is 0. The fourth-order valence-corrected chi connectivity index (χ4v) is 3.81. The van der Waals surface area contributed by atoms with Crippen LogP contribution in [0.15, 0.2) is 30.3 Å². The molecule has 1 unspecified atom stereocenters. The summed E-state index contributed by atoms with van der Waals surface area (Å²) in [5.41, 5.74) is 2.93. The number of quaternary nitrogens is 1. The van der Waals surface area contributed by atoms with Crippen LogP contribution in [-0.4, -0.2) is 39.1 Å². The van der Waals surface area contributed by atoms with Crippen molar-refractivity contribution in [2.45, 2.75) is 13.0 Å². The van der Waals surface area contributed by atoms with E-state index >= 15 is 0 Å². The number of carbonyl (C=O) groups is 2. The number of halogens is 1. The highest BCUT2D eigenvalue weighted by Crippen LogP contribution is 2.32. The first-order valence-electron chi connectivity index (χ1n) is 8.75. The van der Waals surface area contributed by atoms with Crippen molar-refractivity contribution in [2.24, 2.45) is 0 Å². The van der Waals surface area contributed by atoms with Gasteiger partial charge in [-0.25, -0.2) is 4.39 Å². The molecule has 0 spiro atoms. The first-order valence-corrected chi connectivity index (χ1v) is 8.75. The number of hydrogen-bond donors (Lipinski definition) is 1. The summed E-state index contributed by atoms with van der Waals surface area (Å²) in [4.78, 5) is 27.0. The smallest absolute Gasteiger partial charge is 0.303 e. The second-order valence-corrected chi connectivity index (χ2v) is 6.78. The Morgan fingerprint density at radius 3 is 2.48 bits per heavy atom. The van der Waals surface area contributed by atoms with Crippen molar-refractivity contribution < 1.29 is 28.4 Å². The van der Waals surface area contributed by atoms with Gasteiger partial charge in [-0.05, 0) is 35.9 Å². The SMILES string of the molecule is COc1cc2c(cc1OC)C[NH+](CN1C(=O)C(=O)c3ccc(F)cc31)CC2. The number of anilines is 1. The summed E-state index contributed by atoms with van der Waals surface area (Å²) in [6.45, 7) is 1.79. The summed E-state index contributed by atoms with van der Waals surface area (Å²) in [6, 6.07) is 7.78. The van der Waals surface area contributed by atoms with E-state index in [0.29, 0.717) is 30.4 Å². The number of rotatable bonds is 4. The number of Topliss-reactive ketones (excluding diaryl/α,β-unsaturated/α-hetero) is 1. The van der Waals surface area contributed by atoms with Gasteiger partial charge in [0.05, 0.1) is 32.0 Å². The first-order chi connectivity index (χ1) is 13.0. The molecule has 2 aliphatic rings. The molecule has 0 radical (unpaired) electrons. The Hall–Kier alpha value is -2.93. The molecule has 0 saturated heterocycles. The summed E-state index contributed by atoms with van der Waals surface area (Å²) in [6.07, 6.45) is 0.816. The number of amides is 1. The molecule has 2 aromatic carbocycles. The van der Waals surface area contributed by atoms with Crippen LogP contribution in [-0.2, 0) is 17.8 Å². The van der Waals surface area contributed by atoms with Gasteiger partial charge in [-0.15, -0.1) is 0 Å². The van der Waals surface area contributed by atoms with Crippen LogP contribution in [0.5, 0.6) is 11.5 Å². The van der Waals surface area contributed by atoms with E-state index in [0.717, 1.165) is 23.4 Å². The van der Waals surface area contributed by atoms with Crippen LogP contribution in [0, 0.1) is 5.82 Å². The monoisotopic (exact) mass is 371 g/mol. The van der Waals surface area contributed by atoms with Gasteiger partial charge in [0.15, 0.2) is 18.2 Å². The van der Waals surface area contributed by atoms with Gasteiger partial charge in [0.1, 0.15) is 12.4 Å². The van der Waals surface area contributed by atoms with Crippen LogP contribution in [0.2, 0.25) is 0 Å². The molecule has 0 aromatic heterocycles. The molecule has 0 bridgehead atoms. The lowest BCUT2D eigenvalue weighted by Gasteiger charge is -2.29. The molecule has 0 fully saturated rings. The zero-order chi connectivity index (χ0) is 19.1. The molecule has 140 valence electrons. The molecule has 27 heavy (non-hydrogen) atoms. The van der Waals surface area contributed by atoms with Gasteiger partial charge in [-0.3, -0.25) is 14.5 Å². The van der Waals surface area contributed by atoms with E-state index < -0.39 is 17.5 Å². The fourth-order valence-electron chi connectivity index (χ4n) is 3.81. The van der Waals surface area contributed by atoms with E-state index in [2.05, 4.69) is 0 Å². The Morgan fingerprint density at radius 1 is 1.07 bits per heavy atom. The maximum Gasteiger partial charge on any atom is 0.303 e. The van der Waals surface area contributed by atoms with Gasteiger partial charge in [0.2, 0.25) is 0 Å². The summed E-state index contributed by atoms with van der Waals surface area (Å²) >= 11 is 0. The van der Waals surface area contributed by atoms with Gasteiger partial charge in [-0.1, -0.05) is 0 Å². The lowest BCUT2D eigenvalue weighted by atomic mass is 9.99. The lowest BCUT2D eigenvalue weighted by molar-refractivity contribution is -0.914. The molecule has 0 aliphatic carbocycles. The number of methoxy groups -OCH3 is 2. The minimum absolute atomic E-state index is 0.268. The van der Waals surface area contributed by atoms with Gasteiger partial charge in [-0.2, -0.15) is 0 Å².